The number of hydrogen-bond acceptors (Lipinski definition) is 24. The van der Waals surface area contributed by atoms with Crippen molar-refractivity contribution in [3.63, 3.8) is 0 Å². The van der Waals surface area contributed by atoms with Crippen molar-refractivity contribution in [3.05, 3.63) is 139 Å². The fourth-order valence-electron chi connectivity index (χ4n) is 14.9. The standard InChI is InChI=1S/2C20H31NO3.4C19H29NO3/c2*1-20(2,3)11-14-12-21-7-6-13-8-18(23-4)19(24-5)9-15(13)16(21)10-17(14)22;4*1-12(2)7-14-11-20-6-5-13-8-18(22-3)19(23-4)9-15(13)16(20)10-17(14)21/h2*8-9,14,16-17,22H,6-7,10-12H2,1-5H3;4*8-9,12,14,16-17,21H,5-7,10-11H2,1-4H3/i1D3,2D3,6D2,7D2,8D,9D,10D2,11D2,12D2,14D,16D,17D;1D3,2D3,5D3,6D2,7D2,8D,9D,11D2,12D2,16D;4D3,5D2,6D2,8D,9D,10D2,11D2,14D,16D,17D;2*5D2,6D2,8D,9D,10D2,11D2,14D,16D,17D;4D3,5D2,6D2,8D,9D,11D2,16D. The third-order valence-corrected chi connectivity index (χ3v) is 21.1. The highest BCUT2D eigenvalue weighted by atomic mass is 16.5. The normalized spacial score (nSPS) is 53.5. The number of fused-ring (bicyclic) bond motifs is 18. The minimum absolute atomic E-state index is 0.111. The Morgan fingerprint density at radius 3 is 0.771 bits per heavy atom. The van der Waals surface area contributed by atoms with E-state index in [-0.39, 0.29) is 38.9 Å². The van der Waals surface area contributed by atoms with Gasteiger partial charge >= 0.3 is 0 Å². The summed E-state index contributed by atoms with van der Waals surface area (Å²) >= 11 is 0. The molecule has 0 spiro atoms. The van der Waals surface area contributed by atoms with Crippen LogP contribution in [0.1, 0.15) is 406 Å². The molecule has 0 bridgehead atoms. The molecule has 6 aromatic rings. The minimum atomic E-state index is -4.73. The summed E-state index contributed by atoms with van der Waals surface area (Å²) in [5, 5.41) is 67.7. The molecule has 12 heterocycles. The number of aliphatic hydroxyl groups is 6. The first kappa shape index (κ1) is 39.9. The van der Waals surface area contributed by atoms with Crippen LogP contribution >= 0.6 is 0 Å². The molecule has 140 heavy (non-hydrogen) atoms. The summed E-state index contributed by atoms with van der Waals surface area (Å²) < 4.78 is 871. The van der Waals surface area contributed by atoms with Crippen LogP contribution < -0.4 is 56.8 Å². The van der Waals surface area contributed by atoms with Gasteiger partial charge in [-0.15, -0.1) is 0 Å². The first-order valence-electron chi connectivity index (χ1n) is 90.7. The second-order valence-corrected chi connectivity index (χ2v) is 33.8. The quantitative estimate of drug-likeness (QED) is 0.0369. The van der Waals surface area contributed by atoms with Gasteiger partial charge in [0.2, 0.25) is 0 Å². The zero-order valence-corrected chi connectivity index (χ0v) is 79.6. The summed E-state index contributed by atoms with van der Waals surface area (Å²) in [6.07, 6.45) is -68.4. The van der Waals surface area contributed by atoms with Gasteiger partial charge in [-0.3, -0.25) is 29.4 Å². The summed E-state index contributed by atoms with van der Waals surface area (Å²) in [5.41, 5.74) is -19.7. The molecule has 12 aliphatic rings. The molecule has 18 rings (SSSR count). The van der Waals surface area contributed by atoms with E-state index in [9.17, 15) is 38.9 Å². The summed E-state index contributed by atoms with van der Waals surface area (Å²) in [6.45, 7) is -45.9. The molecule has 24 nitrogen and oxygen atoms in total. The molecule has 6 N–H and O–H groups in total. The minimum Gasteiger partial charge on any atom is -0.493 e. The van der Waals surface area contributed by atoms with Crippen molar-refractivity contribution in [3.8, 4) is 69.0 Å². The van der Waals surface area contributed by atoms with Crippen molar-refractivity contribution < 1.29 is 218 Å². The van der Waals surface area contributed by atoms with E-state index in [2.05, 4.69) is 0 Å². The summed E-state index contributed by atoms with van der Waals surface area (Å²) in [6, 6.07) is -32.5. The monoisotopic (exact) mass is 2040 g/mol. The molecule has 0 aliphatic carbocycles. The number of methoxy groups -OCH3 is 12. The van der Waals surface area contributed by atoms with Crippen LogP contribution in [0.3, 0.4) is 0 Å². The van der Waals surface area contributed by atoms with E-state index in [0.29, 0.717) is 11.8 Å². The van der Waals surface area contributed by atoms with Gasteiger partial charge in [0.15, 0.2) is 69.0 Å². The SMILES string of the molecule is [2H]c1c(OC([2H])([2H])[2H])c(OC)c([2H])c2c1C1([2H])CC(O)C(C([2H])([2H])C(C)(C([2H])([2H])[2H])C([2H])([2H])[2H])C([2H])([2H])N1C([2H])([2H])C2([2H])[2H].[2H]c1c(OC([2H])([2H])[2H])c(OC)c([2H])c2c1C1([2H])CC(O)C(CC(C)C)C([2H])([2H])N1C([2H])([2H])C2([2H])[2H].[2H]c1c(OC)c(OC([2H])([2H])[2H])c([2H])c2c1C([2H])([2H])C([2H])([2H])N1C([2H])([2H])C([2H])(CC(C)C)C([2H])(O)C([2H])([2H])C21[2H].[2H]c1c(OC)c(OC)c([2H])c2c1C([2H])([2H])C([2H])([2H])N1C([2H])([2H])C([2H])(C([2H])([2H])C(C)(C([2H])([2H])[2H])C([2H])([2H])[2H])C([2H])(O)C([2H])([2H])C21[2H].[2H]c1c(OC)c(OC)c([2H])c2c1C([2H])([2H])C([2H])([2H])N1C([2H])([2H])C([2H])(CC(C)C)C([2H])(O)C([2H])([2H])C21[2H].[2H]c1c(OC)c(OC)c([2H])c2c1C([2H])([2H])C([2H])([2H])N1C([2H])([2H])C([2H])(CC(C)C)C([2H])(O)C([2H])([2H])C21[2H]. The highest BCUT2D eigenvalue weighted by Gasteiger charge is 2.47. The molecule has 6 saturated heterocycles. The number of ether oxygens (including phenoxy) is 12. The van der Waals surface area contributed by atoms with Crippen molar-refractivity contribution in [2.75, 3.05) is 163 Å². The Balaban J connectivity index is 0.000000223. The zero-order chi connectivity index (χ0) is 185. The molecule has 0 radical (unpaired) electrons. The van der Waals surface area contributed by atoms with Crippen molar-refractivity contribution in [2.24, 2.45) is 69.9 Å². The smallest absolute Gasteiger partial charge is 0.161 e. The van der Waals surface area contributed by atoms with Crippen molar-refractivity contribution in [1.82, 2.24) is 29.4 Å². The lowest BCUT2D eigenvalue weighted by molar-refractivity contribution is -0.0259. The van der Waals surface area contributed by atoms with Gasteiger partial charge in [0.1, 0.15) is 0 Å². The van der Waals surface area contributed by atoms with E-state index in [4.69, 9.17) is 179 Å². The van der Waals surface area contributed by atoms with Gasteiger partial charge in [-0.1, -0.05) is 96.6 Å². The van der Waals surface area contributed by atoms with Crippen LogP contribution in [0.2, 0.25) is 0 Å². The molecule has 18 atom stereocenters. The number of piperidine rings is 6. The van der Waals surface area contributed by atoms with E-state index < -0.39 is 585 Å². The number of nitrogens with zero attached hydrogens (tertiary/aromatic N) is 6. The van der Waals surface area contributed by atoms with Gasteiger partial charge in [0.25, 0.3) is 0 Å². The number of hydrogen-bond donors (Lipinski definition) is 6. The Hall–Kier alpha value is -7.56. The van der Waals surface area contributed by atoms with E-state index >= 15 is 0 Å². The number of rotatable bonds is 22. The number of aliphatic hydroxyl groups excluding tert-OH is 2. The number of benzene rings is 6. The second-order valence-electron chi connectivity index (χ2n) is 33.8. The van der Waals surface area contributed by atoms with Crippen LogP contribution in [0.5, 0.6) is 69.0 Å². The molecular weight excluding hydrogens is 1770 g/mol. The maximum atomic E-state index is 11.6. The van der Waals surface area contributed by atoms with Gasteiger partial charge in [-0.2, -0.15) is 0 Å². The van der Waals surface area contributed by atoms with Crippen molar-refractivity contribution in [1.29, 1.82) is 0 Å². The van der Waals surface area contributed by atoms with E-state index in [1.807, 2.05) is 0 Å². The van der Waals surface area contributed by atoms with Gasteiger partial charge in [0, 0.05) is 202 Å². The van der Waals surface area contributed by atoms with Crippen LogP contribution in [0.25, 0.3) is 0 Å². The lowest BCUT2D eigenvalue weighted by Gasteiger charge is -2.47. The van der Waals surface area contributed by atoms with Gasteiger partial charge in [0.05, 0.1) is 164 Å². The molecule has 0 aromatic heterocycles. The van der Waals surface area contributed by atoms with Crippen LogP contribution in [0.15, 0.2) is 72.5 Å². The second kappa shape index (κ2) is 48.6. The fourth-order valence-corrected chi connectivity index (χ4v) is 14.9. The largest absolute Gasteiger partial charge is 0.493 e. The molecule has 24 heteroatoms. The van der Waals surface area contributed by atoms with E-state index in [0.717, 1.165) is 64.0 Å². The Morgan fingerprint density at radius 2 is 0.521 bits per heavy atom. The molecule has 6 aromatic carbocycles. The van der Waals surface area contributed by atoms with Crippen LogP contribution in [0.4, 0.5) is 0 Å². The van der Waals surface area contributed by atoms with Gasteiger partial charge < -0.3 is 87.5 Å². The Bertz CT molecular complexity index is 9710. The Morgan fingerprint density at radius 1 is 0.307 bits per heavy atom. The van der Waals surface area contributed by atoms with Crippen molar-refractivity contribution >= 4 is 0 Å². The Kier molecular flexibility index (Phi) is 13.9. The van der Waals surface area contributed by atoms with Crippen LogP contribution in [-0.4, -0.2) is 260 Å². The first-order valence-corrected chi connectivity index (χ1v) is 43.2. The van der Waals surface area contributed by atoms with Crippen LogP contribution in [-0.2, 0) is 38.2 Å². The molecular formula is C116H178N6O18. The summed E-state index contributed by atoms with van der Waals surface area (Å²) in [7, 11) is -0.629. The molecule has 0 saturated carbocycles. The maximum Gasteiger partial charge on any atom is 0.161 e. The molecule has 12 aliphatic heterocycles. The van der Waals surface area contributed by atoms with Crippen molar-refractivity contribution in [2.45, 2.75) is 284 Å². The predicted octanol–water partition coefficient (Wildman–Crippen LogP) is 19.0. The third-order valence-electron chi connectivity index (χ3n) is 21.1. The third kappa shape index (κ3) is 26.3. The first-order chi connectivity index (χ1) is 104. The average Bonchev–Trinajstić information content (AvgIpc) is 0.622. The summed E-state index contributed by atoms with van der Waals surface area (Å²) in [5.74, 6) is -28.7. The van der Waals surface area contributed by atoms with Gasteiger partial charge in [-0.25, -0.2) is 0 Å². The fraction of sp³-hybridized carbons (Fsp3) is 0.690. The molecule has 18 unspecified atom stereocenters. The lowest BCUT2D eigenvalue weighted by Crippen LogP contribution is -2.48. The Labute approximate surface area is 973 Å². The van der Waals surface area contributed by atoms with Gasteiger partial charge in [-0.05, 0) is 324 Å². The zero-order valence-electron chi connectivity index (χ0n) is 175. The average molecular weight is 2040 g/mol. The van der Waals surface area contributed by atoms with Crippen LogP contribution in [0, 0.1) is 69.9 Å². The molecule has 0 amide bonds. The predicted molar refractivity (Wildman–Crippen MR) is 556 cm³/mol. The highest BCUT2D eigenvalue weighted by molar-refractivity contribution is 5.55. The maximum absolute atomic E-state index is 11.6. The molecule has 780 valence electrons. The van der Waals surface area contributed by atoms with E-state index in [1.165, 1.54) is 41.5 Å². The summed E-state index contributed by atoms with van der Waals surface area (Å²) in [4.78, 5) is -0.956. The lowest BCUT2D eigenvalue weighted by atomic mass is 9.75. The topological polar surface area (TPSA) is 252 Å². The molecule has 6 fully saturated rings. The van der Waals surface area contributed by atoms with E-state index in [1.54, 1.807) is 13.8 Å². The highest BCUT2D eigenvalue weighted by Crippen LogP contribution is 2.53.